The number of alkyl carbamates (subject to hydrolysis) is 1. The third kappa shape index (κ3) is 8.06. The predicted molar refractivity (Wildman–Crippen MR) is 107 cm³/mol. The SMILES string of the molecule is CC(C)(C)OC(=O)NCC[C@@H](O)c1cccc(OCC2CCCS(=O)(=O)C2)c1. The molecule has 1 aliphatic heterocycles. The molecule has 158 valence electrons. The van der Waals surface area contributed by atoms with Crippen molar-refractivity contribution in [3.05, 3.63) is 29.8 Å². The van der Waals surface area contributed by atoms with Crippen LogP contribution in [0.1, 0.15) is 51.7 Å². The minimum atomic E-state index is -2.95. The van der Waals surface area contributed by atoms with E-state index in [0.717, 1.165) is 6.42 Å². The highest BCUT2D eigenvalue weighted by Crippen LogP contribution is 2.24. The van der Waals surface area contributed by atoms with Crippen LogP contribution in [0.15, 0.2) is 24.3 Å². The Kier molecular flexibility index (Phi) is 7.71. The number of nitrogens with one attached hydrogen (secondary N) is 1. The smallest absolute Gasteiger partial charge is 0.407 e. The van der Waals surface area contributed by atoms with Crippen LogP contribution < -0.4 is 10.1 Å². The molecule has 1 aromatic rings. The summed E-state index contributed by atoms with van der Waals surface area (Å²) in [5.41, 5.74) is 0.117. The molecule has 1 aliphatic rings. The molecule has 2 rings (SSSR count). The summed E-state index contributed by atoms with van der Waals surface area (Å²) in [5.74, 6) is 1.04. The fraction of sp³-hybridized carbons (Fsp3) is 0.650. The molecule has 0 aliphatic carbocycles. The Bertz CT molecular complexity index is 756. The Morgan fingerprint density at radius 3 is 2.79 bits per heavy atom. The molecule has 8 heteroatoms. The molecule has 1 amide bonds. The Labute approximate surface area is 167 Å². The highest BCUT2D eigenvalue weighted by Gasteiger charge is 2.25. The second-order valence-electron chi connectivity index (χ2n) is 8.24. The number of carbonyl (C=O) groups is 1. The number of hydrogen-bond donors (Lipinski definition) is 2. The summed E-state index contributed by atoms with van der Waals surface area (Å²) in [7, 11) is -2.95. The summed E-state index contributed by atoms with van der Waals surface area (Å²) in [4.78, 5) is 11.6. The van der Waals surface area contributed by atoms with Gasteiger partial charge in [0.15, 0.2) is 9.84 Å². The van der Waals surface area contributed by atoms with Crippen molar-refractivity contribution in [1.82, 2.24) is 5.32 Å². The molecule has 0 spiro atoms. The van der Waals surface area contributed by atoms with Crippen molar-refractivity contribution in [3.8, 4) is 5.75 Å². The normalized spacial score (nSPS) is 20.2. The van der Waals surface area contributed by atoms with Crippen molar-refractivity contribution in [1.29, 1.82) is 0 Å². The molecule has 0 bridgehead atoms. The third-order valence-electron chi connectivity index (χ3n) is 4.37. The standard InChI is InChI=1S/C20H31NO6S/c1-20(2,3)27-19(23)21-10-9-18(22)16-7-4-8-17(12-16)26-13-15-6-5-11-28(24,25)14-15/h4,7-8,12,15,18,22H,5-6,9-11,13-14H2,1-3H3,(H,21,23)/t15?,18-/m1/s1. The van der Waals surface area contributed by atoms with E-state index in [1.165, 1.54) is 0 Å². The van der Waals surface area contributed by atoms with Crippen LogP contribution >= 0.6 is 0 Å². The molecule has 0 aromatic heterocycles. The van der Waals surface area contributed by atoms with Gasteiger partial charge in [0.1, 0.15) is 11.4 Å². The lowest BCUT2D eigenvalue weighted by molar-refractivity contribution is 0.0518. The average Bonchev–Trinajstić information content (AvgIpc) is 2.58. The number of ether oxygens (including phenoxy) is 2. The maximum Gasteiger partial charge on any atom is 0.407 e. The number of sulfone groups is 1. The van der Waals surface area contributed by atoms with Crippen molar-refractivity contribution in [2.24, 2.45) is 5.92 Å². The van der Waals surface area contributed by atoms with Gasteiger partial charge in [-0.25, -0.2) is 13.2 Å². The molecular weight excluding hydrogens is 382 g/mol. The maximum absolute atomic E-state index is 11.7. The first-order valence-electron chi connectivity index (χ1n) is 9.62. The molecule has 28 heavy (non-hydrogen) atoms. The average molecular weight is 414 g/mol. The summed E-state index contributed by atoms with van der Waals surface area (Å²) in [5, 5.41) is 13.0. The zero-order valence-corrected chi connectivity index (χ0v) is 17.6. The molecular formula is C20H31NO6S. The van der Waals surface area contributed by atoms with Crippen molar-refractivity contribution < 1.29 is 27.8 Å². The van der Waals surface area contributed by atoms with Crippen LogP contribution in [-0.4, -0.2) is 49.9 Å². The fourth-order valence-corrected chi connectivity index (χ4v) is 4.82. The second kappa shape index (κ2) is 9.60. The topological polar surface area (TPSA) is 102 Å². The minimum Gasteiger partial charge on any atom is -0.493 e. The van der Waals surface area contributed by atoms with Gasteiger partial charge in [0.25, 0.3) is 0 Å². The number of hydrogen-bond acceptors (Lipinski definition) is 6. The highest BCUT2D eigenvalue weighted by molar-refractivity contribution is 7.91. The summed E-state index contributed by atoms with van der Waals surface area (Å²) >= 11 is 0. The van der Waals surface area contributed by atoms with Crippen LogP contribution in [0, 0.1) is 5.92 Å². The quantitative estimate of drug-likeness (QED) is 0.713. The van der Waals surface area contributed by atoms with Gasteiger partial charge in [-0.1, -0.05) is 12.1 Å². The Hall–Kier alpha value is -1.80. The van der Waals surface area contributed by atoms with E-state index in [1.807, 2.05) is 0 Å². The van der Waals surface area contributed by atoms with E-state index in [9.17, 15) is 18.3 Å². The van der Waals surface area contributed by atoms with Crippen molar-refractivity contribution in [2.45, 2.75) is 51.7 Å². The lowest BCUT2D eigenvalue weighted by Gasteiger charge is -2.22. The Morgan fingerprint density at radius 1 is 1.36 bits per heavy atom. The Balaban J connectivity index is 1.80. The van der Waals surface area contributed by atoms with Crippen molar-refractivity contribution in [3.63, 3.8) is 0 Å². The van der Waals surface area contributed by atoms with Gasteiger partial charge in [-0.3, -0.25) is 0 Å². The number of amides is 1. The molecule has 1 unspecified atom stereocenters. The predicted octanol–water partition coefficient (Wildman–Crippen LogP) is 2.84. The van der Waals surface area contributed by atoms with Crippen LogP contribution in [-0.2, 0) is 14.6 Å². The van der Waals surface area contributed by atoms with E-state index in [2.05, 4.69) is 5.32 Å². The number of carbonyl (C=O) groups excluding carboxylic acids is 1. The Morgan fingerprint density at radius 2 is 2.11 bits per heavy atom. The summed E-state index contributed by atoms with van der Waals surface area (Å²) < 4.78 is 34.3. The number of benzene rings is 1. The van der Waals surface area contributed by atoms with E-state index in [4.69, 9.17) is 9.47 Å². The summed E-state index contributed by atoms with van der Waals surface area (Å²) in [6.45, 7) is 5.99. The van der Waals surface area contributed by atoms with Gasteiger partial charge in [0, 0.05) is 12.5 Å². The molecule has 7 nitrogen and oxygen atoms in total. The van der Waals surface area contributed by atoms with Crippen LogP contribution in [0.2, 0.25) is 0 Å². The van der Waals surface area contributed by atoms with Crippen LogP contribution in [0.25, 0.3) is 0 Å². The zero-order valence-electron chi connectivity index (χ0n) is 16.8. The third-order valence-corrected chi connectivity index (χ3v) is 6.26. The number of aliphatic hydroxyl groups excluding tert-OH is 1. The molecule has 1 heterocycles. The van der Waals surface area contributed by atoms with E-state index in [1.54, 1.807) is 45.0 Å². The first-order chi connectivity index (χ1) is 13.0. The molecule has 2 atom stereocenters. The van der Waals surface area contributed by atoms with Gasteiger partial charge in [-0.15, -0.1) is 0 Å². The van der Waals surface area contributed by atoms with Crippen LogP contribution in [0.4, 0.5) is 4.79 Å². The van der Waals surface area contributed by atoms with E-state index in [0.29, 0.717) is 30.8 Å². The zero-order chi connectivity index (χ0) is 20.8. The lowest BCUT2D eigenvalue weighted by atomic mass is 10.1. The van der Waals surface area contributed by atoms with E-state index >= 15 is 0 Å². The lowest BCUT2D eigenvalue weighted by Crippen LogP contribution is -2.33. The van der Waals surface area contributed by atoms with E-state index in [-0.39, 0.29) is 24.0 Å². The van der Waals surface area contributed by atoms with Gasteiger partial charge >= 0.3 is 6.09 Å². The number of aliphatic hydroxyl groups is 1. The maximum atomic E-state index is 11.7. The molecule has 1 saturated heterocycles. The molecule has 0 radical (unpaired) electrons. The second-order valence-corrected chi connectivity index (χ2v) is 10.5. The first kappa shape index (κ1) is 22.5. The minimum absolute atomic E-state index is 0.00496. The van der Waals surface area contributed by atoms with Crippen LogP contribution in [0.5, 0.6) is 5.75 Å². The highest BCUT2D eigenvalue weighted by atomic mass is 32.2. The molecule has 1 fully saturated rings. The van der Waals surface area contributed by atoms with Crippen molar-refractivity contribution in [2.75, 3.05) is 24.7 Å². The van der Waals surface area contributed by atoms with Crippen LogP contribution in [0.3, 0.4) is 0 Å². The van der Waals surface area contributed by atoms with Gasteiger partial charge in [-0.05, 0) is 57.7 Å². The van der Waals surface area contributed by atoms with Gasteiger partial charge in [-0.2, -0.15) is 0 Å². The van der Waals surface area contributed by atoms with E-state index < -0.39 is 27.6 Å². The van der Waals surface area contributed by atoms with Crippen molar-refractivity contribution >= 4 is 15.9 Å². The summed E-state index contributed by atoms with van der Waals surface area (Å²) in [6, 6.07) is 7.10. The number of rotatable bonds is 7. The van der Waals surface area contributed by atoms with Gasteiger partial charge < -0.3 is 19.9 Å². The molecule has 1 aromatic carbocycles. The van der Waals surface area contributed by atoms with Gasteiger partial charge in [0.05, 0.1) is 24.2 Å². The largest absolute Gasteiger partial charge is 0.493 e. The summed E-state index contributed by atoms with van der Waals surface area (Å²) in [6.07, 6.45) is 0.592. The molecule has 0 saturated carbocycles. The molecule has 2 N–H and O–H groups in total. The monoisotopic (exact) mass is 413 g/mol. The fourth-order valence-electron chi connectivity index (χ4n) is 3.07. The van der Waals surface area contributed by atoms with Gasteiger partial charge in [0.2, 0.25) is 0 Å². The first-order valence-corrected chi connectivity index (χ1v) is 11.4.